The summed E-state index contributed by atoms with van der Waals surface area (Å²) in [6, 6.07) is 7.23. The Morgan fingerprint density at radius 2 is 2.10 bits per heavy atom. The zero-order valence-electron chi connectivity index (χ0n) is 17.7. The van der Waals surface area contributed by atoms with E-state index in [9.17, 15) is 9.59 Å². The Morgan fingerprint density at radius 3 is 2.77 bits per heavy atom. The third-order valence-corrected chi connectivity index (χ3v) is 7.23. The van der Waals surface area contributed by atoms with Crippen LogP contribution in [0.25, 0.3) is 16.5 Å². The summed E-state index contributed by atoms with van der Waals surface area (Å²) in [5.74, 6) is -0.409. The monoisotopic (exact) mass is 501 g/mol. The van der Waals surface area contributed by atoms with Gasteiger partial charge in [0.2, 0.25) is 0 Å². The second-order valence-electron chi connectivity index (χ2n) is 7.55. The van der Waals surface area contributed by atoms with Crippen LogP contribution in [0.4, 0.5) is 5.69 Å². The smallest absolute Gasteiger partial charge is 0.349 e. The van der Waals surface area contributed by atoms with Crippen molar-refractivity contribution < 1.29 is 9.21 Å². The Kier molecular flexibility index (Phi) is 6.29. The van der Waals surface area contributed by atoms with Crippen LogP contribution in [0.5, 0.6) is 0 Å². The van der Waals surface area contributed by atoms with Crippen LogP contribution in [0.15, 0.2) is 48.3 Å². The number of nitrogens with zero attached hydrogens (tertiary/aromatic N) is 2. The Morgan fingerprint density at radius 1 is 1.32 bits per heavy atom. The first-order valence-electron chi connectivity index (χ1n) is 10.4. The number of anilines is 1. The van der Waals surface area contributed by atoms with Crippen molar-refractivity contribution in [1.29, 1.82) is 0 Å². The number of fused-ring (bicyclic) bond motifs is 1. The Bertz CT molecular complexity index is 1230. The van der Waals surface area contributed by atoms with Gasteiger partial charge in [-0.2, -0.15) is 0 Å². The minimum Gasteiger partial charge on any atom is -0.422 e. The Balaban J connectivity index is 1.58. The summed E-state index contributed by atoms with van der Waals surface area (Å²) in [7, 11) is 0. The normalized spacial score (nSPS) is 16.2. The number of amides is 1. The molecule has 1 unspecified atom stereocenters. The number of thiazole rings is 1. The van der Waals surface area contributed by atoms with Crippen LogP contribution in [-0.2, 0) is 0 Å². The van der Waals surface area contributed by atoms with E-state index in [1.807, 2.05) is 30.5 Å². The van der Waals surface area contributed by atoms with Crippen molar-refractivity contribution in [3.63, 3.8) is 0 Å². The van der Waals surface area contributed by atoms with E-state index in [-0.39, 0.29) is 11.6 Å². The zero-order valence-corrected chi connectivity index (χ0v) is 20.1. The lowest BCUT2D eigenvalue weighted by Crippen LogP contribution is -2.36. The molecule has 1 aliphatic rings. The molecule has 3 aromatic rings. The molecule has 0 radical (unpaired) electrons. The maximum atomic E-state index is 12.9. The molecule has 1 atom stereocenters. The molecule has 8 heteroatoms. The van der Waals surface area contributed by atoms with Crippen molar-refractivity contribution in [3.05, 3.63) is 60.8 Å². The number of benzene rings is 1. The first kappa shape index (κ1) is 21.8. The average Bonchev–Trinajstić information content (AvgIpc) is 3.33. The lowest BCUT2D eigenvalue weighted by molar-refractivity contribution is 0.0939. The molecular weight excluding hydrogens is 478 g/mol. The molecule has 1 amide bonds. The van der Waals surface area contributed by atoms with Gasteiger partial charge in [0.05, 0.1) is 11.7 Å². The van der Waals surface area contributed by atoms with Gasteiger partial charge in [-0.3, -0.25) is 4.79 Å². The van der Waals surface area contributed by atoms with Crippen molar-refractivity contribution in [3.8, 4) is 0 Å². The van der Waals surface area contributed by atoms with E-state index in [0.29, 0.717) is 5.58 Å². The van der Waals surface area contributed by atoms with Crippen LogP contribution in [-0.4, -0.2) is 30.0 Å². The van der Waals surface area contributed by atoms with Crippen LogP contribution >= 0.6 is 27.3 Å². The molecule has 4 rings (SSSR count). The van der Waals surface area contributed by atoms with Crippen LogP contribution in [0.3, 0.4) is 0 Å². The SMILES string of the molecule is CCN(CC)c1ccc2cc(C(=O)NC3CCC(c4csc(Br)n4)=C3C)c(=O)oc2c1. The second-order valence-corrected chi connectivity index (χ2v) is 9.69. The van der Waals surface area contributed by atoms with Gasteiger partial charge >= 0.3 is 5.63 Å². The topological polar surface area (TPSA) is 75.4 Å². The molecule has 6 nitrogen and oxygen atoms in total. The third-order valence-electron chi connectivity index (χ3n) is 5.87. The molecular formula is C23H24BrN3O3S. The largest absolute Gasteiger partial charge is 0.422 e. The lowest BCUT2D eigenvalue weighted by Gasteiger charge is -2.21. The van der Waals surface area contributed by atoms with Crippen molar-refractivity contribution in [2.75, 3.05) is 18.0 Å². The first-order valence-corrected chi connectivity index (χ1v) is 12.0. The minimum atomic E-state index is -0.620. The van der Waals surface area contributed by atoms with Crippen LogP contribution in [0.2, 0.25) is 0 Å². The van der Waals surface area contributed by atoms with Gasteiger partial charge in [-0.05, 0) is 78.9 Å². The minimum absolute atomic E-state index is 0.0285. The molecule has 0 aliphatic heterocycles. The molecule has 1 N–H and O–H groups in total. The fraction of sp³-hybridized carbons (Fsp3) is 0.348. The summed E-state index contributed by atoms with van der Waals surface area (Å²) in [4.78, 5) is 32.1. The molecule has 0 spiro atoms. The van der Waals surface area contributed by atoms with Gasteiger partial charge in [0.25, 0.3) is 5.91 Å². The third kappa shape index (κ3) is 4.32. The number of allylic oxidation sites excluding steroid dienone is 1. The van der Waals surface area contributed by atoms with Gasteiger partial charge in [0.1, 0.15) is 11.1 Å². The van der Waals surface area contributed by atoms with Crippen LogP contribution in [0.1, 0.15) is 49.7 Å². The number of nitrogens with one attached hydrogen (secondary N) is 1. The lowest BCUT2D eigenvalue weighted by atomic mass is 10.1. The number of carbonyl (C=O) groups is 1. The summed E-state index contributed by atoms with van der Waals surface area (Å²) >= 11 is 4.94. The summed E-state index contributed by atoms with van der Waals surface area (Å²) in [6.45, 7) is 7.89. The van der Waals surface area contributed by atoms with E-state index in [2.05, 4.69) is 45.0 Å². The highest BCUT2D eigenvalue weighted by Crippen LogP contribution is 2.35. The predicted octanol–water partition coefficient (Wildman–Crippen LogP) is 5.22. The fourth-order valence-electron chi connectivity index (χ4n) is 4.09. The van der Waals surface area contributed by atoms with Crippen molar-refractivity contribution in [2.24, 2.45) is 0 Å². The van der Waals surface area contributed by atoms with Crippen LogP contribution in [0, 0.1) is 0 Å². The Labute approximate surface area is 193 Å². The predicted molar refractivity (Wildman–Crippen MR) is 129 cm³/mol. The highest BCUT2D eigenvalue weighted by molar-refractivity contribution is 9.11. The molecule has 31 heavy (non-hydrogen) atoms. The molecule has 0 fully saturated rings. The van der Waals surface area contributed by atoms with Gasteiger partial charge in [0.15, 0.2) is 3.92 Å². The number of hydrogen-bond donors (Lipinski definition) is 1. The molecule has 0 bridgehead atoms. The van der Waals surface area contributed by atoms with E-state index in [0.717, 1.165) is 57.8 Å². The molecule has 0 saturated heterocycles. The van der Waals surface area contributed by atoms with Crippen molar-refractivity contribution >= 4 is 55.4 Å². The number of rotatable bonds is 6. The zero-order chi connectivity index (χ0) is 22.1. The number of hydrogen-bond acceptors (Lipinski definition) is 6. The quantitative estimate of drug-likeness (QED) is 0.468. The van der Waals surface area contributed by atoms with Gasteiger partial charge in [-0.15, -0.1) is 11.3 Å². The number of carbonyl (C=O) groups excluding carboxylic acids is 1. The average molecular weight is 502 g/mol. The maximum absolute atomic E-state index is 12.9. The summed E-state index contributed by atoms with van der Waals surface area (Å²) in [6.07, 6.45) is 1.63. The number of halogens is 1. The maximum Gasteiger partial charge on any atom is 0.349 e. The van der Waals surface area contributed by atoms with Gasteiger partial charge in [-0.25, -0.2) is 9.78 Å². The van der Waals surface area contributed by atoms with E-state index in [4.69, 9.17) is 4.42 Å². The van der Waals surface area contributed by atoms with Crippen molar-refractivity contribution in [2.45, 2.75) is 39.7 Å². The van der Waals surface area contributed by atoms with E-state index < -0.39 is 11.5 Å². The van der Waals surface area contributed by atoms with Gasteiger partial charge < -0.3 is 14.6 Å². The standard InChI is InChI=1S/C23H24BrN3O3S/c1-4-27(5-2)15-7-6-14-10-17(22(29)30-20(14)11-15)21(28)25-18-9-8-16(13(18)3)19-12-31-23(24)26-19/h6-7,10-12,18H,4-5,8-9H2,1-3H3,(H,25,28). The number of aromatic nitrogens is 1. The molecule has 0 saturated carbocycles. The molecule has 1 aliphatic carbocycles. The van der Waals surface area contributed by atoms with E-state index >= 15 is 0 Å². The molecule has 162 valence electrons. The summed E-state index contributed by atoms with van der Waals surface area (Å²) in [5.41, 5.74) is 4.07. The highest BCUT2D eigenvalue weighted by Gasteiger charge is 2.27. The first-order chi connectivity index (χ1) is 14.9. The summed E-state index contributed by atoms with van der Waals surface area (Å²) < 4.78 is 6.35. The highest BCUT2D eigenvalue weighted by atomic mass is 79.9. The second kappa shape index (κ2) is 8.96. The molecule has 1 aromatic carbocycles. The van der Waals surface area contributed by atoms with E-state index in [1.54, 1.807) is 17.4 Å². The summed E-state index contributed by atoms with van der Waals surface area (Å²) in [5, 5.41) is 5.74. The van der Waals surface area contributed by atoms with E-state index in [1.165, 1.54) is 0 Å². The molecule has 2 aromatic heterocycles. The Hall–Kier alpha value is -2.45. The van der Waals surface area contributed by atoms with Crippen molar-refractivity contribution in [1.82, 2.24) is 10.3 Å². The fourth-order valence-corrected chi connectivity index (χ4v) is 5.12. The van der Waals surface area contributed by atoms with Gasteiger partial charge in [-0.1, -0.05) is 0 Å². The van der Waals surface area contributed by atoms with Gasteiger partial charge in [0, 0.05) is 35.6 Å². The van der Waals surface area contributed by atoms with Crippen LogP contribution < -0.4 is 15.8 Å². The molecule has 2 heterocycles.